The Hall–Kier alpha value is -2.94. The molecule has 2 aromatic rings. The fraction of sp³-hybridized carbons (Fsp3) is 0.294. The number of methoxy groups -OCH3 is 1. The molecule has 1 amide bonds. The summed E-state index contributed by atoms with van der Waals surface area (Å²) >= 11 is 0. The van der Waals surface area contributed by atoms with Crippen molar-refractivity contribution in [1.29, 1.82) is 0 Å². The van der Waals surface area contributed by atoms with Gasteiger partial charge in [-0.2, -0.15) is 0 Å². The van der Waals surface area contributed by atoms with Crippen molar-refractivity contribution in [2.24, 2.45) is 0 Å². The predicted octanol–water partition coefficient (Wildman–Crippen LogP) is 2.24. The first-order valence-electron chi connectivity index (χ1n) is 7.01. The van der Waals surface area contributed by atoms with Gasteiger partial charge in [0, 0.05) is 5.56 Å². The number of ether oxygens (including phenoxy) is 2. The van der Waals surface area contributed by atoms with Crippen LogP contribution in [0, 0.1) is 26.2 Å². The molecule has 0 saturated heterocycles. The van der Waals surface area contributed by atoms with Crippen molar-refractivity contribution in [3.8, 4) is 23.8 Å². The molecule has 0 saturated carbocycles. The first-order chi connectivity index (χ1) is 11.1. The van der Waals surface area contributed by atoms with Gasteiger partial charge in [0.15, 0.2) is 11.5 Å². The van der Waals surface area contributed by atoms with Crippen molar-refractivity contribution in [2.45, 2.75) is 20.5 Å². The lowest BCUT2D eigenvalue weighted by atomic mass is 10.2. The number of aromatic nitrogens is 1. The second kappa shape index (κ2) is 7.36. The molecule has 0 spiro atoms. The average molecular weight is 314 g/mol. The normalized spacial score (nSPS) is 10.0. The van der Waals surface area contributed by atoms with Crippen LogP contribution < -0.4 is 14.8 Å². The maximum absolute atomic E-state index is 11.9. The first-order valence-corrected chi connectivity index (χ1v) is 7.01. The Kier molecular flexibility index (Phi) is 5.26. The monoisotopic (exact) mass is 314 g/mol. The van der Waals surface area contributed by atoms with Crippen LogP contribution in [-0.4, -0.2) is 24.7 Å². The lowest BCUT2D eigenvalue weighted by Crippen LogP contribution is -2.23. The van der Waals surface area contributed by atoms with Gasteiger partial charge in [-0.25, -0.2) is 0 Å². The van der Waals surface area contributed by atoms with Crippen LogP contribution in [0.5, 0.6) is 11.5 Å². The molecule has 0 bridgehead atoms. The summed E-state index contributed by atoms with van der Waals surface area (Å²) in [5.74, 6) is 3.79. The Labute approximate surface area is 134 Å². The summed E-state index contributed by atoms with van der Waals surface area (Å²) in [5, 5.41) is 6.48. The van der Waals surface area contributed by atoms with E-state index in [-0.39, 0.29) is 12.5 Å². The Balaban J connectivity index is 2.14. The lowest BCUT2D eigenvalue weighted by molar-refractivity contribution is 0.0958. The molecule has 0 aliphatic carbocycles. The van der Waals surface area contributed by atoms with Crippen LogP contribution in [0.25, 0.3) is 0 Å². The van der Waals surface area contributed by atoms with Crippen molar-refractivity contribution < 1.29 is 18.8 Å². The van der Waals surface area contributed by atoms with E-state index in [0.717, 1.165) is 11.3 Å². The third-order valence-corrected chi connectivity index (χ3v) is 3.33. The molecule has 0 atom stereocenters. The Bertz CT molecular complexity index is 724. The zero-order chi connectivity index (χ0) is 16.8. The van der Waals surface area contributed by atoms with Crippen LogP contribution in [-0.2, 0) is 6.61 Å². The highest BCUT2D eigenvalue weighted by Gasteiger charge is 2.13. The summed E-state index contributed by atoms with van der Waals surface area (Å²) in [6.45, 7) is 4.16. The van der Waals surface area contributed by atoms with Gasteiger partial charge in [-0.15, -0.1) is 6.42 Å². The highest BCUT2D eigenvalue weighted by Crippen LogP contribution is 2.29. The predicted molar refractivity (Wildman–Crippen MR) is 84.5 cm³/mol. The number of amides is 1. The highest BCUT2D eigenvalue weighted by atomic mass is 16.5. The third-order valence-electron chi connectivity index (χ3n) is 3.33. The summed E-state index contributed by atoms with van der Waals surface area (Å²) in [6.07, 6.45) is 5.12. The molecule has 0 aliphatic rings. The molecule has 0 fully saturated rings. The fourth-order valence-electron chi connectivity index (χ4n) is 2.02. The van der Waals surface area contributed by atoms with E-state index in [0.29, 0.717) is 29.4 Å². The maximum atomic E-state index is 11.9. The molecule has 0 aliphatic heterocycles. The summed E-state index contributed by atoms with van der Waals surface area (Å²) in [6, 6.07) is 4.94. The van der Waals surface area contributed by atoms with Gasteiger partial charge in [0.1, 0.15) is 12.4 Å². The number of nitrogens with one attached hydrogen (secondary N) is 1. The molecule has 1 heterocycles. The van der Waals surface area contributed by atoms with Crippen LogP contribution in [0.2, 0.25) is 0 Å². The Morgan fingerprint density at radius 1 is 1.39 bits per heavy atom. The highest BCUT2D eigenvalue weighted by molar-refractivity contribution is 5.95. The van der Waals surface area contributed by atoms with Crippen molar-refractivity contribution in [3.05, 3.63) is 40.8 Å². The van der Waals surface area contributed by atoms with E-state index in [1.165, 1.54) is 7.11 Å². The number of carbonyl (C=O) groups excluding carboxylic acids is 1. The van der Waals surface area contributed by atoms with Crippen molar-refractivity contribution >= 4 is 5.91 Å². The number of nitrogens with zero attached hydrogens (tertiary/aromatic N) is 1. The largest absolute Gasteiger partial charge is 0.493 e. The standard InChI is InChI=1S/C17H18N2O4/c1-5-8-18-17(20)13-6-7-15(16(9-13)21-4)22-10-14-11(2)19-23-12(14)3/h1,6-7,9H,8,10H2,2-4H3,(H,18,20). The minimum absolute atomic E-state index is 0.172. The quantitative estimate of drug-likeness (QED) is 0.828. The van der Waals surface area contributed by atoms with Crippen molar-refractivity contribution in [2.75, 3.05) is 13.7 Å². The van der Waals surface area contributed by atoms with Crippen LogP contribution in [0.15, 0.2) is 22.7 Å². The molecule has 1 N–H and O–H groups in total. The van der Waals surface area contributed by atoms with Gasteiger partial charge >= 0.3 is 0 Å². The van der Waals surface area contributed by atoms with Gasteiger partial charge in [-0.3, -0.25) is 4.79 Å². The second-order valence-corrected chi connectivity index (χ2v) is 4.84. The van der Waals surface area contributed by atoms with Crippen molar-refractivity contribution in [1.82, 2.24) is 10.5 Å². The molecule has 6 nitrogen and oxygen atoms in total. The van der Waals surface area contributed by atoms with E-state index in [9.17, 15) is 4.79 Å². The summed E-state index contributed by atoms with van der Waals surface area (Å²) in [4.78, 5) is 11.9. The van der Waals surface area contributed by atoms with Crippen LogP contribution >= 0.6 is 0 Å². The maximum Gasteiger partial charge on any atom is 0.252 e. The SMILES string of the molecule is C#CCNC(=O)c1ccc(OCc2c(C)noc2C)c(OC)c1. The number of hydrogen-bond acceptors (Lipinski definition) is 5. The smallest absolute Gasteiger partial charge is 0.252 e. The molecule has 6 heteroatoms. The molecule has 120 valence electrons. The van der Waals surface area contributed by atoms with Gasteiger partial charge in [0.05, 0.1) is 24.9 Å². The number of rotatable bonds is 6. The molecule has 2 rings (SSSR count). The van der Waals surface area contributed by atoms with E-state index in [2.05, 4.69) is 16.4 Å². The third kappa shape index (κ3) is 3.83. The topological polar surface area (TPSA) is 73.6 Å². The summed E-state index contributed by atoms with van der Waals surface area (Å²) < 4.78 is 16.1. The second-order valence-electron chi connectivity index (χ2n) is 4.84. The minimum Gasteiger partial charge on any atom is -0.493 e. The molecule has 0 radical (unpaired) electrons. The van der Waals surface area contributed by atoms with Gasteiger partial charge in [-0.1, -0.05) is 11.1 Å². The first kappa shape index (κ1) is 16.4. The molecule has 0 unspecified atom stereocenters. The van der Waals surface area contributed by atoms with Crippen molar-refractivity contribution in [3.63, 3.8) is 0 Å². The number of terminal acetylenes is 1. The molecular formula is C17H18N2O4. The van der Waals surface area contributed by atoms with E-state index in [4.69, 9.17) is 20.4 Å². The van der Waals surface area contributed by atoms with E-state index in [1.54, 1.807) is 18.2 Å². The number of carbonyl (C=O) groups is 1. The number of benzene rings is 1. The van der Waals surface area contributed by atoms with Gasteiger partial charge in [0.2, 0.25) is 0 Å². The number of aryl methyl sites for hydroxylation is 2. The average Bonchev–Trinajstić information content (AvgIpc) is 2.88. The zero-order valence-corrected chi connectivity index (χ0v) is 13.3. The van der Waals surface area contributed by atoms with Gasteiger partial charge in [-0.05, 0) is 32.0 Å². The summed E-state index contributed by atoms with van der Waals surface area (Å²) in [5.41, 5.74) is 2.12. The Morgan fingerprint density at radius 3 is 2.78 bits per heavy atom. The minimum atomic E-state index is -0.265. The summed E-state index contributed by atoms with van der Waals surface area (Å²) in [7, 11) is 1.52. The van der Waals surface area contributed by atoms with Crippen LogP contribution in [0.3, 0.4) is 0 Å². The van der Waals surface area contributed by atoms with Crippen LogP contribution in [0.4, 0.5) is 0 Å². The van der Waals surface area contributed by atoms with Gasteiger partial charge in [0.25, 0.3) is 5.91 Å². The lowest BCUT2D eigenvalue weighted by Gasteiger charge is -2.12. The van der Waals surface area contributed by atoms with E-state index in [1.807, 2.05) is 13.8 Å². The van der Waals surface area contributed by atoms with E-state index >= 15 is 0 Å². The fourth-order valence-corrected chi connectivity index (χ4v) is 2.02. The number of hydrogen-bond donors (Lipinski definition) is 1. The Morgan fingerprint density at radius 2 is 2.17 bits per heavy atom. The molecule has 1 aromatic heterocycles. The molecule has 1 aromatic carbocycles. The van der Waals surface area contributed by atoms with E-state index < -0.39 is 0 Å². The zero-order valence-electron chi connectivity index (χ0n) is 13.3. The molecular weight excluding hydrogens is 296 g/mol. The van der Waals surface area contributed by atoms with Crippen LogP contribution in [0.1, 0.15) is 27.4 Å². The van der Waals surface area contributed by atoms with Gasteiger partial charge < -0.3 is 19.3 Å². The molecule has 23 heavy (non-hydrogen) atoms.